The van der Waals surface area contributed by atoms with Crippen molar-refractivity contribution in [2.45, 2.75) is 20.4 Å². The van der Waals surface area contributed by atoms with Gasteiger partial charge in [-0.05, 0) is 23.6 Å². The Morgan fingerprint density at radius 1 is 1.18 bits per heavy atom. The van der Waals surface area contributed by atoms with E-state index in [1.54, 1.807) is 18.2 Å². The van der Waals surface area contributed by atoms with Crippen molar-refractivity contribution < 1.29 is 9.53 Å². The van der Waals surface area contributed by atoms with Crippen LogP contribution in [0.25, 0.3) is 0 Å². The fourth-order valence-electron chi connectivity index (χ4n) is 3.57. The number of para-hydroxylation sites is 1. The van der Waals surface area contributed by atoms with Crippen molar-refractivity contribution in [1.82, 2.24) is 9.55 Å². The Hall–Kier alpha value is -3.72. The highest BCUT2D eigenvalue weighted by Gasteiger charge is 2.25. The highest BCUT2D eigenvalue weighted by Crippen LogP contribution is 2.32. The van der Waals surface area contributed by atoms with Gasteiger partial charge in [0.2, 0.25) is 5.91 Å². The Labute approximate surface area is 202 Å². The van der Waals surface area contributed by atoms with Crippen LogP contribution in [-0.2, 0) is 11.3 Å². The lowest BCUT2D eigenvalue weighted by atomic mass is 10.2. The first-order valence-corrected chi connectivity index (χ1v) is 11.1. The van der Waals surface area contributed by atoms with E-state index in [1.165, 1.54) is 16.6 Å². The Morgan fingerprint density at radius 3 is 2.53 bits per heavy atom. The number of nitrogen functional groups attached to an aromatic ring is 1. The molecule has 0 spiro atoms. The van der Waals surface area contributed by atoms with Crippen LogP contribution in [0.3, 0.4) is 0 Å². The van der Waals surface area contributed by atoms with Crippen LogP contribution >= 0.6 is 11.6 Å². The predicted octanol–water partition coefficient (Wildman–Crippen LogP) is 2.93. The van der Waals surface area contributed by atoms with Gasteiger partial charge in [0.15, 0.2) is 11.4 Å². The van der Waals surface area contributed by atoms with Crippen LogP contribution in [-0.4, -0.2) is 35.7 Å². The predicted molar refractivity (Wildman–Crippen MR) is 135 cm³/mol. The van der Waals surface area contributed by atoms with E-state index in [0.29, 0.717) is 16.5 Å². The monoisotopic (exact) mass is 485 g/mol. The van der Waals surface area contributed by atoms with Gasteiger partial charge in [-0.3, -0.25) is 19.1 Å². The van der Waals surface area contributed by atoms with Crippen molar-refractivity contribution in [3.8, 4) is 5.75 Å². The maximum atomic E-state index is 13.3. The Bertz CT molecular complexity index is 1270. The minimum Gasteiger partial charge on any atom is -0.493 e. The maximum Gasteiger partial charge on any atom is 0.330 e. The van der Waals surface area contributed by atoms with Gasteiger partial charge in [-0.15, -0.1) is 0 Å². The standard InChI is InChI=1S/C24H28ClN5O4/c1-15(2)13-29(19(31)12-27-18-11-7-10-17(25)21(18)34-3)20-22(26)30(24(33)28-23(20)32)14-16-8-5-4-6-9-16/h4-11,15,27H,12-14,26H2,1-3H3,(H,28,32,33). The number of nitrogens with zero attached hydrogens (tertiary/aromatic N) is 2. The van der Waals surface area contributed by atoms with Gasteiger partial charge >= 0.3 is 5.69 Å². The quantitative estimate of drug-likeness (QED) is 0.428. The third-order valence-corrected chi connectivity index (χ3v) is 5.42. The molecule has 0 atom stereocenters. The molecule has 0 aliphatic carbocycles. The van der Waals surface area contributed by atoms with Crippen LogP contribution in [0.2, 0.25) is 5.02 Å². The summed E-state index contributed by atoms with van der Waals surface area (Å²) in [6.07, 6.45) is 0. The molecule has 1 heterocycles. The molecule has 0 fully saturated rings. The van der Waals surface area contributed by atoms with E-state index in [2.05, 4.69) is 10.3 Å². The second kappa shape index (κ2) is 10.9. The lowest BCUT2D eigenvalue weighted by molar-refractivity contribution is -0.117. The van der Waals surface area contributed by atoms with Crippen molar-refractivity contribution in [2.75, 3.05) is 36.1 Å². The van der Waals surface area contributed by atoms with Crippen LogP contribution in [0.1, 0.15) is 19.4 Å². The normalized spacial score (nSPS) is 10.9. The zero-order valence-electron chi connectivity index (χ0n) is 19.3. The van der Waals surface area contributed by atoms with Gasteiger partial charge in [0.25, 0.3) is 5.56 Å². The first kappa shape index (κ1) is 24.9. The van der Waals surface area contributed by atoms with Gasteiger partial charge in [-0.25, -0.2) is 4.79 Å². The third-order valence-electron chi connectivity index (χ3n) is 5.12. The highest BCUT2D eigenvalue weighted by molar-refractivity contribution is 6.32. The molecule has 4 N–H and O–H groups in total. The maximum absolute atomic E-state index is 13.3. The first-order valence-electron chi connectivity index (χ1n) is 10.8. The molecule has 180 valence electrons. The molecule has 3 aromatic rings. The summed E-state index contributed by atoms with van der Waals surface area (Å²) < 4.78 is 6.56. The van der Waals surface area contributed by atoms with Gasteiger partial charge < -0.3 is 20.7 Å². The van der Waals surface area contributed by atoms with Crippen LogP contribution in [0.5, 0.6) is 5.75 Å². The average molecular weight is 486 g/mol. The molecule has 0 aliphatic heterocycles. The van der Waals surface area contributed by atoms with E-state index in [1.807, 2.05) is 44.2 Å². The lowest BCUT2D eigenvalue weighted by Gasteiger charge is -2.26. The second-order valence-corrected chi connectivity index (χ2v) is 8.54. The molecular formula is C24H28ClN5O4. The van der Waals surface area contributed by atoms with Gasteiger partial charge in [0, 0.05) is 6.54 Å². The number of methoxy groups -OCH3 is 1. The first-order chi connectivity index (χ1) is 16.2. The van der Waals surface area contributed by atoms with Crippen molar-refractivity contribution in [1.29, 1.82) is 0 Å². The number of nitrogens with one attached hydrogen (secondary N) is 2. The number of aromatic nitrogens is 2. The fraction of sp³-hybridized carbons (Fsp3) is 0.292. The largest absolute Gasteiger partial charge is 0.493 e. The zero-order chi connectivity index (χ0) is 24.8. The number of halogens is 1. The number of aromatic amines is 1. The Balaban J connectivity index is 1.96. The number of rotatable bonds is 9. The molecule has 34 heavy (non-hydrogen) atoms. The summed E-state index contributed by atoms with van der Waals surface area (Å²) in [6, 6.07) is 14.4. The summed E-state index contributed by atoms with van der Waals surface area (Å²) in [6.45, 7) is 4.05. The van der Waals surface area contributed by atoms with Gasteiger partial charge in [-0.2, -0.15) is 0 Å². The molecule has 9 nitrogen and oxygen atoms in total. The zero-order valence-corrected chi connectivity index (χ0v) is 20.1. The molecule has 0 aliphatic rings. The third kappa shape index (κ3) is 5.60. The molecule has 0 bridgehead atoms. The second-order valence-electron chi connectivity index (χ2n) is 8.14. The number of ether oxygens (including phenoxy) is 1. The summed E-state index contributed by atoms with van der Waals surface area (Å²) in [5, 5.41) is 3.41. The molecule has 1 aromatic heterocycles. The SMILES string of the molecule is COc1c(Cl)cccc1NCC(=O)N(CC(C)C)c1c(N)n(Cc2ccccc2)c(=O)[nH]c1=O. The number of H-pyrrole nitrogens is 1. The van der Waals surface area contributed by atoms with Gasteiger partial charge in [0.1, 0.15) is 5.82 Å². The summed E-state index contributed by atoms with van der Waals surface area (Å²) in [5.74, 6) is -0.0520. The molecular weight excluding hydrogens is 458 g/mol. The average Bonchev–Trinajstić information content (AvgIpc) is 2.80. The number of hydrogen-bond acceptors (Lipinski definition) is 6. The highest BCUT2D eigenvalue weighted by atomic mass is 35.5. The molecule has 10 heteroatoms. The summed E-state index contributed by atoms with van der Waals surface area (Å²) in [5.41, 5.74) is 6.24. The van der Waals surface area contributed by atoms with Crippen molar-refractivity contribution >= 4 is 34.7 Å². The molecule has 0 saturated carbocycles. The number of benzene rings is 2. The fourth-order valence-corrected chi connectivity index (χ4v) is 3.82. The van der Waals surface area contributed by atoms with Crippen molar-refractivity contribution in [3.05, 3.63) is 80.0 Å². The van der Waals surface area contributed by atoms with E-state index in [-0.39, 0.29) is 37.1 Å². The number of amides is 1. The van der Waals surface area contributed by atoms with Crippen LogP contribution in [0, 0.1) is 5.92 Å². The topological polar surface area (TPSA) is 122 Å². The van der Waals surface area contributed by atoms with Crippen molar-refractivity contribution in [3.63, 3.8) is 0 Å². The molecule has 0 radical (unpaired) electrons. The van der Waals surface area contributed by atoms with E-state index in [0.717, 1.165) is 5.56 Å². The Morgan fingerprint density at radius 2 is 1.88 bits per heavy atom. The van der Waals surface area contributed by atoms with E-state index in [4.69, 9.17) is 22.1 Å². The summed E-state index contributed by atoms with van der Waals surface area (Å²) >= 11 is 6.16. The Kier molecular flexibility index (Phi) is 8.01. The van der Waals surface area contributed by atoms with Crippen molar-refractivity contribution in [2.24, 2.45) is 5.92 Å². The smallest absolute Gasteiger partial charge is 0.330 e. The molecule has 0 saturated heterocycles. The molecule has 3 rings (SSSR count). The van der Waals surface area contributed by atoms with Crippen LogP contribution in [0.4, 0.5) is 17.2 Å². The minimum absolute atomic E-state index is 0.0259. The van der Waals surface area contributed by atoms with E-state index in [9.17, 15) is 14.4 Å². The number of carbonyl (C=O) groups is 1. The number of carbonyl (C=O) groups excluding carboxylic acids is 1. The number of anilines is 3. The van der Waals surface area contributed by atoms with Gasteiger partial charge in [0.05, 0.1) is 30.9 Å². The van der Waals surface area contributed by atoms with Gasteiger partial charge in [-0.1, -0.05) is 61.8 Å². The molecule has 0 unspecified atom stereocenters. The number of nitrogens with two attached hydrogens (primary N) is 1. The lowest BCUT2D eigenvalue weighted by Crippen LogP contribution is -2.44. The molecule has 2 aromatic carbocycles. The number of hydrogen-bond donors (Lipinski definition) is 3. The minimum atomic E-state index is -0.721. The summed E-state index contributed by atoms with van der Waals surface area (Å²) in [4.78, 5) is 42.2. The van der Waals surface area contributed by atoms with Crippen LogP contribution in [0.15, 0.2) is 58.1 Å². The van der Waals surface area contributed by atoms with E-state index < -0.39 is 17.2 Å². The summed E-state index contributed by atoms with van der Waals surface area (Å²) in [7, 11) is 1.48. The van der Waals surface area contributed by atoms with Crippen LogP contribution < -0.4 is 31.9 Å². The molecule has 1 amide bonds. The van der Waals surface area contributed by atoms with E-state index >= 15 is 0 Å².